The molecule has 2 atom stereocenters. The van der Waals surface area contributed by atoms with Crippen molar-refractivity contribution in [1.82, 2.24) is 15.2 Å². The minimum Gasteiger partial charge on any atom is -0.380 e. The molecule has 2 aliphatic heterocycles. The number of hydrogen-bond acceptors (Lipinski definition) is 8. The van der Waals surface area contributed by atoms with Gasteiger partial charge in [0.25, 0.3) is 11.8 Å². The monoisotopic (exact) mass is 501 g/mol. The largest absolute Gasteiger partial charge is 0.380 e. The summed E-state index contributed by atoms with van der Waals surface area (Å²) >= 11 is 1.45. The van der Waals surface area contributed by atoms with Gasteiger partial charge in [0.2, 0.25) is 0 Å². The van der Waals surface area contributed by atoms with Crippen LogP contribution in [0.1, 0.15) is 53.1 Å². The Labute approximate surface area is 210 Å². The van der Waals surface area contributed by atoms with Crippen LogP contribution in [0.5, 0.6) is 0 Å². The number of amides is 2. The smallest absolute Gasteiger partial charge is 0.275 e. The normalized spacial score (nSPS) is 20.7. The molecular formula is C25H35N5O4S. The predicted molar refractivity (Wildman–Crippen MR) is 137 cm³/mol. The van der Waals surface area contributed by atoms with Crippen molar-refractivity contribution < 1.29 is 19.1 Å². The highest BCUT2D eigenvalue weighted by Crippen LogP contribution is 2.26. The summed E-state index contributed by atoms with van der Waals surface area (Å²) in [4.78, 5) is 35.0. The van der Waals surface area contributed by atoms with E-state index in [1.807, 2.05) is 25.1 Å². The number of carbonyl (C=O) groups is 2. The van der Waals surface area contributed by atoms with Crippen molar-refractivity contribution in [3.63, 3.8) is 0 Å². The number of benzene rings is 1. The molecule has 2 aliphatic rings. The Balaban J connectivity index is 1.48. The summed E-state index contributed by atoms with van der Waals surface area (Å²) in [6.45, 7) is 9.42. The first-order valence-electron chi connectivity index (χ1n) is 12.3. The second-order valence-corrected chi connectivity index (χ2v) is 9.95. The number of rotatable bonds is 9. The lowest BCUT2D eigenvalue weighted by Crippen LogP contribution is -2.40. The van der Waals surface area contributed by atoms with E-state index < -0.39 is 0 Å². The number of methoxy groups -OCH3 is 1. The summed E-state index contributed by atoms with van der Waals surface area (Å²) in [5, 5.41) is 8.42. The first-order chi connectivity index (χ1) is 17.0. The van der Waals surface area contributed by atoms with Crippen LogP contribution in [0.4, 0.5) is 10.8 Å². The second kappa shape index (κ2) is 11.9. The van der Waals surface area contributed by atoms with E-state index in [2.05, 4.69) is 32.3 Å². The van der Waals surface area contributed by atoms with Gasteiger partial charge in [0, 0.05) is 51.8 Å². The highest BCUT2D eigenvalue weighted by molar-refractivity contribution is 7.14. The Kier molecular flexibility index (Phi) is 8.72. The third kappa shape index (κ3) is 6.58. The van der Waals surface area contributed by atoms with Crippen LogP contribution in [0.25, 0.3) is 0 Å². The summed E-state index contributed by atoms with van der Waals surface area (Å²) in [6.07, 6.45) is 2.17. The number of morpholine rings is 1. The highest BCUT2D eigenvalue weighted by atomic mass is 32.1. The quantitative estimate of drug-likeness (QED) is 0.545. The van der Waals surface area contributed by atoms with Crippen LogP contribution in [0.2, 0.25) is 0 Å². The average molecular weight is 502 g/mol. The minimum atomic E-state index is -0.325. The number of ether oxygens (including phenoxy) is 2. The number of anilines is 2. The molecule has 0 spiro atoms. The Bertz CT molecular complexity index is 1030. The molecule has 190 valence electrons. The zero-order chi connectivity index (χ0) is 24.8. The molecular weight excluding hydrogens is 466 g/mol. The lowest BCUT2D eigenvalue weighted by atomic mass is 10.1. The van der Waals surface area contributed by atoms with Gasteiger partial charge in [-0.3, -0.25) is 14.5 Å². The van der Waals surface area contributed by atoms with Crippen LogP contribution >= 0.6 is 11.3 Å². The minimum absolute atomic E-state index is 0.193. The third-order valence-electron chi connectivity index (χ3n) is 6.32. The summed E-state index contributed by atoms with van der Waals surface area (Å²) in [7, 11) is 1.72. The molecule has 2 amide bonds. The Morgan fingerprint density at radius 1 is 1.26 bits per heavy atom. The SMILES string of the molecule is CCCNC(=O)c1cc(CN2CCO[C@@H](C)C2)ccc1NC(=O)c1csc(N2CC[C@H](OC)C2)n1. The van der Waals surface area contributed by atoms with E-state index in [0.717, 1.165) is 56.3 Å². The number of carbonyl (C=O) groups excluding carboxylic acids is 2. The third-order valence-corrected chi connectivity index (χ3v) is 7.22. The topological polar surface area (TPSA) is 96.0 Å². The van der Waals surface area contributed by atoms with Crippen molar-refractivity contribution in [3.05, 3.63) is 40.4 Å². The molecule has 0 aliphatic carbocycles. The molecule has 2 saturated heterocycles. The highest BCUT2D eigenvalue weighted by Gasteiger charge is 2.25. The van der Waals surface area contributed by atoms with Gasteiger partial charge >= 0.3 is 0 Å². The van der Waals surface area contributed by atoms with Crippen LogP contribution in [0.3, 0.4) is 0 Å². The van der Waals surface area contributed by atoms with Crippen molar-refractivity contribution in [2.45, 2.75) is 45.4 Å². The molecule has 2 aromatic rings. The van der Waals surface area contributed by atoms with Crippen molar-refractivity contribution in [3.8, 4) is 0 Å². The van der Waals surface area contributed by atoms with Gasteiger partial charge in [-0.2, -0.15) is 0 Å². The van der Waals surface area contributed by atoms with Crippen molar-refractivity contribution in [1.29, 1.82) is 0 Å². The van der Waals surface area contributed by atoms with Gasteiger partial charge in [-0.25, -0.2) is 4.98 Å². The lowest BCUT2D eigenvalue weighted by Gasteiger charge is -2.31. The molecule has 4 rings (SSSR count). The van der Waals surface area contributed by atoms with Crippen LogP contribution < -0.4 is 15.5 Å². The van der Waals surface area contributed by atoms with Gasteiger partial charge in [0.05, 0.1) is 30.1 Å². The van der Waals surface area contributed by atoms with Gasteiger partial charge in [-0.15, -0.1) is 11.3 Å². The summed E-state index contributed by atoms with van der Waals surface area (Å²) in [5.41, 5.74) is 2.31. The van der Waals surface area contributed by atoms with Crippen LogP contribution in [0.15, 0.2) is 23.6 Å². The van der Waals surface area contributed by atoms with Gasteiger partial charge in [0.1, 0.15) is 5.69 Å². The van der Waals surface area contributed by atoms with Crippen LogP contribution in [-0.4, -0.2) is 80.3 Å². The number of hydrogen-bond donors (Lipinski definition) is 2. The van der Waals surface area contributed by atoms with Crippen LogP contribution in [0, 0.1) is 0 Å². The molecule has 35 heavy (non-hydrogen) atoms. The summed E-state index contributed by atoms with van der Waals surface area (Å²) in [6, 6.07) is 5.66. The summed E-state index contributed by atoms with van der Waals surface area (Å²) in [5.74, 6) is -0.518. The summed E-state index contributed by atoms with van der Waals surface area (Å²) < 4.78 is 11.1. The molecule has 3 heterocycles. The molecule has 2 fully saturated rings. The predicted octanol–water partition coefficient (Wildman–Crippen LogP) is 2.98. The van der Waals surface area contributed by atoms with E-state index in [4.69, 9.17) is 9.47 Å². The Hall–Kier alpha value is -2.53. The lowest BCUT2D eigenvalue weighted by molar-refractivity contribution is -0.0212. The molecule has 0 saturated carbocycles. The van der Waals surface area contributed by atoms with Gasteiger partial charge in [0.15, 0.2) is 5.13 Å². The molecule has 2 N–H and O–H groups in total. The van der Waals surface area contributed by atoms with Gasteiger partial charge in [-0.1, -0.05) is 13.0 Å². The molecule has 1 aromatic carbocycles. The van der Waals surface area contributed by atoms with Crippen LogP contribution in [-0.2, 0) is 16.0 Å². The first-order valence-corrected chi connectivity index (χ1v) is 13.1. The Morgan fingerprint density at radius 2 is 2.11 bits per heavy atom. The fourth-order valence-corrected chi connectivity index (χ4v) is 5.25. The second-order valence-electron chi connectivity index (χ2n) is 9.11. The van der Waals surface area contributed by atoms with Crippen molar-refractivity contribution in [2.75, 3.05) is 56.7 Å². The van der Waals surface area contributed by atoms with E-state index in [9.17, 15) is 9.59 Å². The zero-order valence-corrected chi connectivity index (χ0v) is 21.5. The maximum atomic E-state index is 13.0. The maximum Gasteiger partial charge on any atom is 0.275 e. The van der Waals surface area contributed by atoms with E-state index in [0.29, 0.717) is 30.1 Å². The molecule has 9 nitrogen and oxygen atoms in total. The van der Waals surface area contributed by atoms with Gasteiger partial charge in [-0.05, 0) is 37.5 Å². The molecule has 1 aromatic heterocycles. The van der Waals surface area contributed by atoms with E-state index in [1.54, 1.807) is 12.5 Å². The Morgan fingerprint density at radius 3 is 2.86 bits per heavy atom. The number of aromatic nitrogens is 1. The standard InChI is InChI=1S/C25H35N5O4S/c1-4-8-26-23(31)20-12-18(14-29-10-11-34-17(2)13-29)5-6-21(20)27-24(32)22-16-35-25(28-22)30-9-7-19(15-30)33-3/h5-6,12,16-17,19H,4,7-11,13-15H2,1-3H3,(H,26,31)(H,27,32)/t17-,19-/m0/s1. The first kappa shape index (κ1) is 25.6. The number of thiazole rings is 1. The van der Waals surface area contributed by atoms with Crippen molar-refractivity contribution >= 4 is 34.0 Å². The number of nitrogens with one attached hydrogen (secondary N) is 2. The van der Waals surface area contributed by atoms with Crippen molar-refractivity contribution in [2.24, 2.45) is 0 Å². The zero-order valence-electron chi connectivity index (χ0n) is 20.7. The molecule has 10 heteroatoms. The van der Waals surface area contributed by atoms with Gasteiger partial charge < -0.3 is 25.0 Å². The van der Waals surface area contributed by atoms with E-state index in [1.165, 1.54) is 11.3 Å². The molecule has 0 unspecified atom stereocenters. The van der Waals surface area contributed by atoms with E-state index in [-0.39, 0.29) is 24.0 Å². The average Bonchev–Trinajstić information content (AvgIpc) is 3.53. The number of nitrogens with zero attached hydrogens (tertiary/aromatic N) is 3. The molecule has 0 radical (unpaired) electrons. The molecule has 0 bridgehead atoms. The van der Waals surface area contributed by atoms with E-state index >= 15 is 0 Å². The fraction of sp³-hybridized carbons (Fsp3) is 0.560. The maximum absolute atomic E-state index is 13.0. The fourth-order valence-electron chi connectivity index (χ4n) is 4.41.